The molecule has 350 valence electrons. The van der Waals surface area contributed by atoms with Gasteiger partial charge in [-0.2, -0.15) is 0 Å². The molecule has 9 aromatic rings. The first-order chi connectivity index (χ1) is 34.0. The highest BCUT2D eigenvalue weighted by Crippen LogP contribution is 2.67. The van der Waals surface area contributed by atoms with Gasteiger partial charge in [-0.1, -0.05) is 315 Å². The predicted octanol–water partition coefficient (Wildman–Crippen LogP) is 17.0. The Balaban J connectivity index is 1.44. The zero-order valence-corrected chi connectivity index (χ0v) is 42.0. The molecule has 0 atom stereocenters. The third-order valence-corrected chi connectivity index (χ3v) is 16.1. The van der Waals surface area contributed by atoms with Crippen LogP contribution in [-0.4, -0.2) is 0 Å². The average molecular weight is 935 g/mol. The Bertz CT molecular complexity index is 2550. The Labute approximate surface area is 417 Å². The second-order valence-corrected chi connectivity index (χ2v) is 20.7. The fourth-order valence-corrected chi connectivity index (χ4v) is 13.0. The molecular formula is C66H63O3P. The second kappa shape index (κ2) is 20.3. The molecule has 4 heteroatoms. The van der Waals surface area contributed by atoms with Gasteiger partial charge >= 0.3 is 8.60 Å². The van der Waals surface area contributed by atoms with E-state index in [1.54, 1.807) is 0 Å². The minimum absolute atomic E-state index is 0.752. The van der Waals surface area contributed by atoms with E-state index in [2.05, 4.69) is 315 Å². The summed E-state index contributed by atoms with van der Waals surface area (Å²) in [5.41, 5.74) is 3.16. The average Bonchev–Trinajstić information content (AvgIpc) is 3.42. The molecule has 0 spiro atoms. The van der Waals surface area contributed by atoms with Crippen molar-refractivity contribution >= 4 is 8.60 Å². The summed E-state index contributed by atoms with van der Waals surface area (Å²) in [6, 6.07) is 96.2. The van der Waals surface area contributed by atoms with Crippen LogP contribution in [0.15, 0.2) is 273 Å². The van der Waals surface area contributed by atoms with E-state index in [9.17, 15) is 0 Å². The highest BCUT2D eigenvalue weighted by molar-refractivity contribution is 7.41. The van der Waals surface area contributed by atoms with E-state index in [1.165, 1.54) is 0 Å². The Morgan fingerprint density at radius 1 is 0.200 bits per heavy atom. The fourth-order valence-electron chi connectivity index (χ4n) is 10.9. The Kier molecular flexibility index (Phi) is 14.0. The van der Waals surface area contributed by atoms with E-state index in [1.807, 2.05) is 0 Å². The first-order valence-corrected chi connectivity index (χ1v) is 25.5. The predicted molar refractivity (Wildman–Crippen MR) is 290 cm³/mol. The minimum Gasteiger partial charge on any atom is -0.295 e. The summed E-state index contributed by atoms with van der Waals surface area (Å²) in [4.78, 5) is 0. The molecule has 0 amide bonds. The van der Waals surface area contributed by atoms with Crippen molar-refractivity contribution in [3.8, 4) is 0 Å². The lowest BCUT2D eigenvalue weighted by atomic mass is 9.64. The van der Waals surface area contributed by atoms with Gasteiger partial charge in [0, 0.05) is 16.2 Å². The molecular weight excluding hydrogens is 872 g/mol. The Morgan fingerprint density at radius 3 is 0.471 bits per heavy atom. The fraction of sp³-hybridized carbons (Fsp3) is 0.182. The van der Waals surface area contributed by atoms with Crippen molar-refractivity contribution in [2.24, 2.45) is 0 Å². The first kappa shape index (κ1) is 48.3. The molecule has 70 heavy (non-hydrogen) atoms. The number of hydrogen-bond donors (Lipinski definition) is 0. The standard InChI is InChI=1S/C66H63O3P/c1-61(2,52-34-16-7-17-35-52)64(55-40-22-10-23-41-55,56-42-24-11-25-43-56)67-70(68-65(57-44-26-12-27-45-57,58-46-28-13-29-47-58)62(3,4)53-36-18-8-19-37-53)69-66(59-48-30-14-31-49-59,60-50-32-15-33-51-60)63(5,6)54-38-20-9-21-39-54/h7-51H,1-6H3. The summed E-state index contributed by atoms with van der Waals surface area (Å²) in [6.07, 6.45) is 0. The molecule has 0 aliphatic heterocycles. The van der Waals surface area contributed by atoms with Gasteiger partial charge in [-0.25, -0.2) is 0 Å². The van der Waals surface area contributed by atoms with Crippen LogP contribution in [0.4, 0.5) is 0 Å². The van der Waals surface area contributed by atoms with Crippen LogP contribution in [0.3, 0.4) is 0 Å². The van der Waals surface area contributed by atoms with Crippen LogP contribution in [-0.2, 0) is 46.6 Å². The molecule has 0 radical (unpaired) electrons. The van der Waals surface area contributed by atoms with E-state index in [0.717, 1.165) is 50.1 Å². The third-order valence-electron chi connectivity index (χ3n) is 14.8. The van der Waals surface area contributed by atoms with Crippen LogP contribution in [0.25, 0.3) is 0 Å². The number of hydrogen-bond acceptors (Lipinski definition) is 3. The van der Waals surface area contributed by atoms with Crippen LogP contribution in [0, 0.1) is 0 Å². The lowest BCUT2D eigenvalue weighted by molar-refractivity contribution is -0.0708. The van der Waals surface area contributed by atoms with Crippen molar-refractivity contribution in [3.05, 3.63) is 323 Å². The van der Waals surface area contributed by atoms with Gasteiger partial charge in [0.05, 0.1) is 0 Å². The monoisotopic (exact) mass is 934 g/mol. The molecule has 9 rings (SSSR count). The van der Waals surface area contributed by atoms with Gasteiger partial charge < -0.3 is 0 Å². The smallest absolute Gasteiger partial charge is 0.295 e. The van der Waals surface area contributed by atoms with E-state index in [4.69, 9.17) is 13.6 Å². The van der Waals surface area contributed by atoms with Gasteiger partial charge in [-0.05, 0) is 50.1 Å². The molecule has 0 aromatic heterocycles. The third kappa shape index (κ3) is 8.56. The maximum Gasteiger partial charge on any atom is 0.336 e. The van der Waals surface area contributed by atoms with E-state index >= 15 is 0 Å². The Hall–Kier alpha value is -6.71. The second-order valence-electron chi connectivity index (χ2n) is 19.7. The molecule has 0 aliphatic carbocycles. The van der Waals surface area contributed by atoms with Gasteiger partial charge in [-0.3, -0.25) is 13.6 Å². The van der Waals surface area contributed by atoms with E-state index in [0.29, 0.717) is 0 Å². The zero-order valence-electron chi connectivity index (χ0n) is 41.2. The van der Waals surface area contributed by atoms with Gasteiger partial charge in [0.25, 0.3) is 0 Å². The van der Waals surface area contributed by atoms with E-state index < -0.39 is 41.7 Å². The summed E-state index contributed by atoms with van der Waals surface area (Å²) in [5, 5.41) is 0. The maximum absolute atomic E-state index is 8.51. The highest BCUT2D eigenvalue weighted by Gasteiger charge is 2.60. The van der Waals surface area contributed by atoms with E-state index in [-0.39, 0.29) is 0 Å². The summed E-state index contributed by atoms with van der Waals surface area (Å²) < 4.78 is 25.5. The van der Waals surface area contributed by atoms with Crippen molar-refractivity contribution in [2.75, 3.05) is 0 Å². The normalized spacial score (nSPS) is 12.7. The van der Waals surface area contributed by atoms with Crippen molar-refractivity contribution in [1.82, 2.24) is 0 Å². The van der Waals surface area contributed by atoms with Crippen molar-refractivity contribution in [1.29, 1.82) is 0 Å². The van der Waals surface area contributed by atoms with Crippen LogP contribution in [0.2, 0.25) is 0 Å². The molecule has 0 unspecified atom stereocenters. The molecule has 0 fully saturated rings. The summed E-state index contributed by atoms with van der Waals surface area (Å²) >= 11 is 0. The topological polar surface area (TPSA) is 27.7 Å². The minimum atomic E-state index is -2.53. The molecule has 0 aliphatic rings. The number of benzene rings is 9. The molecule has 0 heterocycles. The first-order valence-electron chi connectivity index (χ1n) is 24.4. The van der Waals surface area contributed by atoms with Crippen molar-refractivity contribution < 1.29 is 13.6 Å². The highest BCUT2D eigenvalue weighted by atomic mass is 31.2. The quantitative estimate of drug-likeness (QED) is 0.0803. The molecule has 3 nitrogen and oxygen atoms in total. The van der Waals surface area contributed by atoms with Crippen LogP contribution in [0.5, 0.6) is 0 Å². The van der Waals surface area contributed by atoms with Gasteiger partial charge in [0.2, 0.25) is 0 Å². The zero-order chi connectivity index (χ0) is 48.7. The molecule has 9 aromatic carbocycles. The lowest BCUT2D eigenvalue weighted by Gasteiger charge is -2.54. The molecule has 0 N–H and O–H groups in total. The van der Waals surface area contributed by atoms with Gasteiger partial charge in [-0.15, -0.1) is 0 Å². The SMILES string of the molecule is CC(C)(c1ccccc1)C(OP(OC(c1ccccc1)(c1ccccc1)C(C)(C)c1ccccc1)OC(c1ccccc1)(c1ccccc1)C(C)(C)c1ccccc1)(c1ccccc1)c1ccccc1. The number of rotatable bonds is 18. The summed E-state index contributed by atoms with van der Waals surface area (Å²) in [7, 11) is -2.53. The van der Waals surface area contributed by atoms with Crippen LogP contribution < -0.4 is 0 Å². The summed E-state index contributed by atoms with van der Waals surface area (Å²) in [5.74, 6) is 0. The maximum atomic E-state index is 8.51. The molecule has 0 bridgehead atoms. The molecule has 0 saturated heterocycles. The van der Waals surface area contributed by atoms with Gasteiger partial charge in [0.1, 0.15) is 16.8 Å². The van der Waals surface area contributed by atoms with Gasteiger partial charge in [0.15, 0.2) is 0 Å². The largest absolute Gasteiger partial charge is 0.336 e. The Morgan fingerprint density at radius 2 is 0.329 bits per heavy atom. The summed E-state index contributed by atoms with van der Waals surface area (Å²) in [6.45, 7) is 13.8. The molecule has 0 saturated carbocycles. The van der Waals surface area contributed by atoms with Crippen LogP contribution in [0.1, 0.15) is 91.6 Å². The van der Waals surface area contributed by atoms with Crippen LogP contribution >= 0.6 is 8.60 Å². The van der Waals surface area contributed by atoms with Crippen molar-refractivity contribution in [2.45, 2.75) is 74.6 Å². The lowest BCUT2D eigenvalue weighted by Crippen LogP contribution is -2.52. The van der Waals surface area contributed by atoms with Crippen molar-refractivity contribution in [3.63, 3.8) is 0 Å².